The predicted octanol–water partition coefficient (Wildman–Crippen LogP) is 2.00. The number of ether oxygens (including phenoxy) is 1. The van der Waals surface area contributed by atoms with E-state index < -0.39 is 24.4 Å². The van der Waals surface area contributed by atoms with E-state index in [2.05, 4.69) is 18.3 Å². The van der Waals surface area contributed by atoms with Gasteiger partial charge in [-0.15, -0.1) is 0 Å². The molecule has 1 fully saturated rings. The van der Waals surface area contributed by atoms with Crippen LogP contribution in [-0.2, 0) is 14.3 Å². The van der Waals surface area contributed by atoms with Crippen molar-refractivity contribution in [3.63, 3.8) is 0 Å². The summed E-state index contributed by atoms with van der Waals surface area (Å²) < 4.78 is 5.89. The van der Waals surface area contributed by atoms with Gasteiger partial charge in [0.05, 0.1) is 36.8 Å². The summed E-state index contributed by atoms with van der Waals surface area (Å²) in [5.74, 6) is -0.441. The van der Waals surface area contributed by atoms with E-state index in [1.807, 2.05) is 26.0 Å². The highest BCUT2D eigenvalue weighted by molar-refractivity contribution is 5.76. The van der Waals surface area contributed by atoms with Gasteiger partial charge in [-0.1, -0.05) is 39.0 Å². The first-order valence-corrected chi connectivity index (χ1v) is 13.2. The summed E-state index contributed by atoms with van der Waals surface area (Å²) in [7, 11) is 0. The molecule has 3 rings (SSSR count). The van der Waals surface area contributed by atoms with E-state index in [1.54, 1.807) is 0 Å². The number of hydrogen-bond donors (Lipinski definition) is 5. The Balaban J connectivity index is 1.55. The molecule has 1 amide bonds. The van der Waals surface area contributed by atoms with Gasteiger partial charge in [-0.05, 0) is 55.9 Å². The molecule has 8 nitrogen and oxygen atoms in total. The standard InChI is InChI=1S/C27H43NO7/c1-4-15(2)27(34)35-24-13-20(30)9-17-6-5-16(3)23(26(17)24)8-7-19(29)12-22(32)14-25(33)28-18-10-21(31)11-18/h5-6,9,15-16,18-24,26,29-32H,4,7-8,10-14H2,1-3H3,(H,28,33)/t15-,16-,18?,19+,20+,21?,22+,23-,24-,26-/m0/s1. The molecule has 0 aromatic carbocycles. The van der Waals surface area contributed by atoms with Crippen LogP contribution in [0.15, 0.2) is 23.8 Å². The molecule has 0 aromatic rings. The molecule has 0 spiro atoms. The van der Waals surface area contributed by atoms with Gasteiger partial charge in [0, 0.05) is 18.4 Å². The second-order valence-electron chi connectivity index (χ2n) is 10.9. The highest BCUT2D eigenvalue weighted by Gasteiger charge is 2.42. The third-order valence-electron chi connectivity index (χ3n) is 7.93. The average Bonchev–Trinajstić information content (AvgIpc) is 2.76. The number of carbonyl (C=O) groups excluding carboxylic acids is 2. The van der Waals surface area contributed by atoms with E-state index in [9.17, 15) is 30.0 Å². The van der Waals surface area contributed by atoms with E-state index >= 15 is 0 Å². The lowest BCUT2D eigenvalue weighted by Crippen LogP contribution is -2.47. The molecule has 8 atom stereocenters. The number of esters is 1. The zero-order valence-corrected chi connectivity index (χ0v) is 21.2. The van der Waals surface area contributed by atoms with Crippen molar-refractivity contribution in [2.45, 2.75) is 109 Å². The second kappa shape index (κ2) is 12.5. The van der Waals surface area contributed by atoms with E-state index in [4.69, 9.17) is 4.74 Å². The Hall–Kier alpha value is -1.74. The van der Waals surface area contributed by atoms with Gasteiger partial charge in [0.2, 0.25) is 5.91 Å². The van der Waals surface area contributed by atoms with Crippen molar-refractivity contribution >= 4 is 11.9 Å². The zero-order valence-electron chi connectivity index (χ0n) is 21.2. The highest BCUT2D eigenvalue weighted by Crippen LogP contribution is 2.44. The minimum absolute atomic E-state index is 0.0333. The summed E-state index contributed by atoms with van der Waals surface area (Å²) in [5, 5.41) is 43.3. The Kier molecular flexibility index (Phi) is 9.93. The monoisotopic (exact) mass is 493 g/mol. The first-order chi connectivity index (χ1) is 16.6. The maximum Gasteiger partial charge on any atom is 0.308 e. The molecule has 8 heteroatoms. The molecule has 1 saturated carbocycles. The maximum atomic E-state index is 12.5. The van der Waals surface area contributed by atoms with Crippen LogP contribution in [0.4, 0.5) is 0 Å². The number of aliphatic hydroxyl groups is 4. The lowest BCUT2D eigenvalue weighted by Gasteiger charge is -2.43. The Morgan fingerprint density at radius 2 is 1.89 bits per heavy atom. The van der Waals surface area contributed by atoms with E-state index in [-0.39, 0.29) is 60.5 Å². The minimum Gasteiger partial charge on any atom is -0.461 e. The van der Waals surface area contributed by atoms with E-state index in [1.165, 1.54) is 0 Å². The molecule has 0 aliphatic heterocycles. The summed E-state index contributed by atoms with van der Waals surface area (Å²) in [6.45, 7) is 5.90. The van der Waals surface area contributed by atoms with Crippen molar-refractivity contribution < 1.29 is 34.8 Å². The molecule has 0 radical (unpaired) electrons. The molecule has 3 aliphatic rings. The van der Waals surface area contributed by atoms with Gasteiger partial charge in [0.15, 0.2) is 0 Å². The summed E-state index contributed by atoms with van der Waals surface area (Å²) in [6.07, 6.45) is 6.11. The predicted molar refractivity (Wildman–Crippen MR) is 131 cm³/mol. The van der Waals surface area contributed by atoms with Crippen molar-refractivity contribution in [2.24, 2.45) is 23.7 Å². The molecule has 0 heterocycles. The molecule has 0 saturated heterocycles. The van der Waals surface area contributed by atoms with Gasteiger partial charge in [0.1, 0.15) is 6.10 Å². The van der Waals surface area contributed by atoms with Crippen molar-refractivity contribution in [1.82, 2.24) is 5.32 Å². The largest absolute Gasteiger partial charge is 0.461 e. The quantitative estimate of drug-likeness (QED) is 0.278. The van der Waals surface area contributed by atoms with Gasteiger partial charge >= 0.3 is 5.97 Å². The Bertz CT molecular complexity index is 790. The molecular formula is C27H43NO7. The average molecular weight is 494 g/mol. The summed E-state index contributed by atoms with van der Waals surface area (Å²) >= 11 is 0. The van der Waals surface area contributed by atoms with Crippen LogP contribution < -0.4 is 5.32 Å². The zero-order chi connectivity index (χ0) is 25.7. The van der Waals surface area contributed by atoms with Crippen molar-refractivity contribution in [1.29, 1.82) is 0 Å². The third kappa shape index (κ3) is 7.62. The van der Waals surface area contributed by atoms with Crippen molar-refractivity contribution in [2.75, 3.05) is 0 Å². The Morgan fingerprint density at radius 1 is 1.17 bits per heavy atom. The number of nitrogens with one attached hydrogen (secondary N) is 1. The van der Waals surface area contributed by atoms with Gasteiger partial charge in [-0.3, -0.25) is 9.59 Å². The van der Waals surface area contributed by atoms with Gasteiger partial charge < -0.3 is 30.5 Å². The molecule has 198 valence electrons. The lowest BCUT2D eigenvalue weighted by atomic mass is 9.66. The van der Waals surface area contributed by atoms with E-state index in [0.29, 0.717) is 38.5 Å². The van der Waals surface area contributed by atoms with Crippen LogP contribution in [0.1, 0.15) is 72.1 Å². The number of amides is 1. The number of carbonyl (C=O) groups is 2. The normalized spacial score (nSPS) is 34.6. The smallest absolute Gasteiger partial charge is 0.308 e. The number of aliphatic hydroxyl groups excluding tert-OH is 4. The fourth-order valence-corrected chi connectivity index (χ4v) is 5.53. The number of allylic oxidation sites excluding steroid dienone is 2. The van der Waals surface area contributed by atoms with Gasteiger partial charge in [-0.2, -0.15) is 0 Å². The van der Waals surface area contributed by atoms with Crippen LogP contribution in [-0.4, -0.2) is 68.9 Å². The Labute approximate surface area is 208 Å². The molecule has 3 aliphatic carbocycles. The third-order valence-corrected chi connectivity index (χ3v) is 7.93. The van der Waals surface area contributed by atoms with Crippen LogP contribution in [0.5, 0.6) is 0 Å². The highest BCUT2D eigenvalue weighted by atomic mass is 16.5. The van der Waals surface area contributed by atoms with Gasteiger partial charge in [0.25, 0.3) is 0 Å². The first-order valence-electron chi connectivity index (χ1n) is 13.2. The summed E-state index contributed by atoms with van der Waals surface area (Å²) in [5.41, 5.74) is 0.973. The maximum absolute atomic E-state index is 12.5. The molecule has 5 N–H and O–H groups in total. The van der Waals surface area contributed by atoms with Crippen LogP contribution in [0, 0.1) is 23.7 Å². The molecule has 0 unspecified atom stereocenters. The fraction of sp³-hybridized carbons (Fsp3) is 0.778. The lowest BCUT2D eigenvalue weighted by molar-refractivity contribution is -0.159. The second-order valence-corrected chi connectivity index (χ2v) is 10.9. The summed E-state index contributed by atoms with van der Waals surface area (Å²) in [4.78, 5) is 24.6. The Morgan fingerprint density at radius 3 is 2.54 bits per heavy atom. The van der Waals surface area contributed by atoms with Gasteiger partial charge in [-0.25, -0.2) is 0 Å². The van der Waals surface area contributed by atoms with Crippen LogP contribution in [0.3, 0.4) is 0 Å². The summed E-state index contributed by atoms with van der Waals surface area (Å²) in [6, 6.07) is -0.0333. The van der Waals surface area contributed by atoms with Crippen molar-refractivity contribution in [3.8, 4) is 0 Å². The topological polar surface area (TPSA) is 136 Å². The molecule has 0 aromatic heterocycles. The minimum atomic E-state index is -0.941. The number of hydrogen-bond acceptors (Lipinski definition) is 7. The first kappa shape index (κ1) is 27.8. The molecular weight excluding hydrogens is 450 g/mol. The fourth-order valence-electron chi connectivity index (χ4n) is 5.53. The molecule has 0 bridgehead atoms. The van der Waals surface area contributed by atoms with Crippen LogP contribution in [0.2, 0.25) is 0 Å². The number of rotatable bonds is 11. The SMILES string of the molecule is CC[C@H](C)C(=O)O[C@H]1C[C@H](O)C=C2C=C[C@H](C)[C@H](CC[C@@H](O)C[C@@H](O)CC(=O)NC3CC(O)C3)[C@H]21. The van der Waals surface area contributed by atoms with Crippen molar-refractivity contribution in [3.05, 3.63) is 23.8 Å². The van der Waals surface area contributed by atoms with Crippen LogP contribution >= 0.6 is 0 Å². The van der Waals surface area contributed by atoms with Crippen LogP contribution in [0.25, 0.3) is 0 Å². The molecule has 35 heavy (non-hydrogen) atoms. The van der Waals surface area contributed by atoms with E-state index in [0.717, 1.165) is 5.57 Å². The number of fused-ring (bicyclic) bond motifs is 1.